The first-order valence-electron chi connectivity index (χ1n) is 9.97. The van der Waals surface area contributed by atoms with E-state index in [2.05, 4.69) is 20.4 Å². The Kier molecular flexibility index (Phi) is 7.07. The van der Waals surface area contributed by atoms with Gasteiger partial charge in [-0.1, -0.05) is 40.6 Å². The molecule has 1 saturated heterocycles. The summed E-state index contributed by atoms with van der Waals surface area (Å²) in [5, 5.41) is 13.8. The molecule has 1 aliphatic rings. The fourth-order valence-electron chi connectivity index (χ4n) is 3.58. The molecule has 3 aromatic rings. The molecule has 6 nitrogen and oxygen atoms in total. The Morgan fingerprint density at radius 3 is 2.58 bits per heavy atom. The zero-order valence-corrected chi connectivity index (χ0v) is 19.3. The molecule has 0 spiro atoms. The summed E-state index contributed by atoms with van der Waals surface area (Å²) in [6.45, 7) is 2.43. The number of aromatic nitrogens is 2. The minimum absolute atomic E-state index is 0.00149. The van der Waals surface area contributed by atoms with E-state index in [1.165, 1.54) is 11.3 Å². The van der Waals surface area contributed by atoms with E-state index in [1.54, 1.807) is 13.2 Å². The second-order valence-corrected chi connectivity index (χ2v) is 9.24. The van der Waals surface area contributed by atoms with Crippen LogP contribution in [-0.4, -0.2) is 41.2 Å². The van der Waals surface area contributed by atoms with Gasteiger partial charge in [-0.2, -0.15) is 0 Å². The Bertz CT molecular complexity index is 1050. The molecular formula is C22H22Cl2N4O2S. The molecule has 4 rings (SSSR count). The molecule has 0 unspecified atom stereocenters. The molecule has 0 aliphatic carbocycles. The number of carbonyl (C=O) groups is 1. The van der Waals surface area contributed by atoms with Crippen LogP contribution in [0.25, 0.3) is 10.6 Å². The summed E-state index contributed by atoms with van der Waals surface area (Å²) in [6, 6.07) is 13.2. The number of nitrogens with one attached hydrogen (secondary N) is 1. The highest BCUT2D eigenvalue weighted by Crippen LogP contribution is 2.29. The Labute approximate surface area is 195 Å². The van der Waals surface area contributed by atoms with E-state index in [9.17, 15) is 4.79 Å². The van der Waals surface area contributed by atoms with Crippen LogP contribution in [-0.2, 0) is 11.3 Å². The van der Waals surface area contributed by atoms with Crippen molar-refractivity contribution in [1.29, 1.82) is 0 Å². The predicted molar refractivity (Wildman–Crippen MR) is 125 cm³/mol. The monoisotopic (exact) mass is 476 g/mol. The van der Waals surface area contributed by atoms with E-state index < -0.39 is 0 Å². The molecule has 1 aromatic heterocycles. The lowest BCUT2D eigenvalue weighted by atomic mass is 9.95. The van der Waals surface area contributed by atoms with Crippen LogP contribution in [0, 0.1) is 5.92 Å². The van der Waals surface area contributed by atoms with Gasteiger partial charge in [0.2, 0.25) is 11.0 Å². The van der Waals surface area contributed by atoms with Crippen molar-refractivity contribution in [1.82, 2.24) is 15.1 Å². The average Bonchev–Trinajstić information content (AvgIpc) is 3.24. The highest BCUT2D eigenvalue weighted by atomic mass is 35.5. The van der Waals surface area contributed by atoms with Gasteiger partial charge in [-0.05, 0) is 67.9 Å². The highest BCUT2D eigenvalue weighted by molar-refractivity contribution is 7.18. The number of methoxy groups -OCH3 is 1. The maximum atomic E-state index is 12.7. The lowest BCUT2D eigenvalue weighted by molar-refractivity contribution is -0.121. The van der Waals surface area contributed by atoms with E-state index in [0.717, 1.165) is 54.4 Å². The maximum absolute atomic E-state index is 12.7. The summed E-state index contributed by atoms with van der Waals surface area (Å²) in [5.74, 6) is 0.748. The first kappa shape index (κ1) is 22.0. The normalized spacial score (nSPS) is 15.1. The van der Waals surface area contributed by atoms with Gasteiger partial charge in [0.15, 0.2) is 0 Å². The number of hydrogen-bond donors (Lipinski definition) is 1. The van der Waals surface area contributed by atoms with Gasteiger partial charge in [0.05, 0.1) is 7.11 Å². The van der Waals surface area contributed by atoms with Crippen molar-refractivity contribution in [3.8, 4) is 16.3 Å². The zero-order chi connectivity index (χ0) is 21.8. The van der Waals surface area contributed by atoms with E-state index in [1.807, 2.05) is 36.4 Å². The minimum atomic E-state index is -0.0368. The second-order valence-electron chi connectivity index (χ2n) is 7.42. The average molecular weight is 477 g/mol. The van der Waals surface area contributed by atoms with Gasteiger partial charge in [0.25, 0.3) is 0 Å². The number of carbonyl (C=O) groups excluding carboxylic acids is 1. The third-order valence-electron chi connectivity index (χ3n) is 5.36. The highest BCUT2D eigenvalue weighted by Gasteiger charge is 2.26. The van der Waals surface area contributed by atoms with Gasteiger partial charge >= 0.3 is 0 Å². The molecule has 31 heavy (non-hydrogen) atoms. The first-order valence-corrected chi connectivity index (χ1v) is 11.5. The number of rotatable bonds is 6. The summed E-state index contributed by atoms with van der Waals surface area (Å²) < 4.78 is 5.18. The number of hydrogen-bond acceptors (Lipinski definition) is 6. The quantitative estimate of drug-likeness (QED) is 0.517. The summed E-state index contributed by atoms with van der Waals surface area (Å²) >= 11 is 13.6. The van der Waals surface area contributed by atoms with Gasteiger partial charge in [-0.25, -0.2) is 0 Å². The molecule has 1 amide bonds. The molecule has 1 fully saturated rings. The van der Waals surface area contributed by atoms with Gasteiger partial charge in [-0.3, -0.25) is 9.69 Å². The molecule has 0 atom stereocenters. The summed E-state index contributed by atoms with van der Waals surface area (Å²) in [7, 11) is 1.63. The number of nitrogens with zero attached hydrogens (tertiary/aromatic N) is 3. The fourth-order valence-corrected chi connectivity index (χ4v) is 4.80. The molecule has 0 saturated carbocycles. The third kappa shape index (κ3) is 5.54. The van der Waals surface area contributed by atoms with Crippen molar-refractivity contribution < 1.29 is 9.53 Å². The first-order chi connectivity index (χ1) is 15.0. The molecule has 2 aromatic carbocycles. The number of amides is 1. The molecule has 2 heterocycles. The molecule has 1 N–H and O–H groups in total. The largest absolute Gasteiger partial charge is 0.497 e. The van der Waals surface area contributed by atoms with E-state index >= 15 is 0 Å². The molecule has 0 radical (unpaired) electrons. The lowest BCUT2D eigenvalue weighted by Crippen LogP contribution is -2.37. The Hall–Kier alpha value is -2.19. The third-order valence-corrected chi connectivity index (χ3v) is 6.83. The number of halogens is 2. The van der Waals surface area contributed by atoms with E-state index in [0.29, 0.717) is 15.2 Å². The lowest BCUT2D eigenvalue weighted by Gasteiger charge is -2.31. The Balaban J connectivity index is 1.29. The van der Waals surface area contributed by atoms with Gasteiger partial charge < -0.3 is 10.1 Å². The second kappa shape index (κ2) is 9.96. The molecule has 9 heteroatoms. The number of benzene rings is 2. The SMILES string of the molecule is COc1ccc(-c2nnc(NC(=O)C3CCN(Cc4ccc(Cl)cc4Cl)CC3)s2)cc1. The summed E-state index contributed by atoms with van der Waals surface area (Å²) in [6.07, 6.45) is 1.59. The number of ether oxygens (including phenoxy) is 1. The summed E-state index contributed by atoms with van der Waals surface area (Å²) in [4.78, 5) is 15.0. The Morgan fingerprint density at radius 2 is 1.90 bits per heavy atom. The van der Waals surface area contributed by atoms with Crippen LogP contribution in [0.4, 0.5) is 5.13 Å². The van der Waals surface area contributed by atoms with Crippen LogP contribution in [0.1, 0.15) is 18.4 Å². The van der Waals surface area contributed by atoms with Crippen molar-refractivity contribution in [2.45, 2.75) is 19.4 Å². The van der Waals surface area contributed by atoms with Gasteiger partial charge in [0.1, 0.15) is 10.8 Å². The molecule has 0 bridgehead atoms. The van der Waals surface area contributed by atoms with Gasteiger partial charge in [-0.15, -0.1) is 10.2 Å². The molecule has 1 aliphatic heterocycles. The van der Waals surface area contributed by atoms with Crippen molar-refractivity contribution in [3.05, 3.63) is 58.1 Å². The van der Waals surface area contributed by atoms with Crippen molar-refractivity contribution in [3.63, 3.8) is 0 Å². The summed E-state index contributed by atoms with van der Waals surface area (Å²) in [5.41, 5.74) is 1.99. The van der Waals surface area contributed by atoms with Crippen molar-refractivity contribution in [2.24, 2.45) is 5.92 Å². The molecular weight excluding hydrogens is 455 g/mol. The number of anilines is 1. The number of likely N-dealkylation sites (tertiary alicyclic amines) is 1. The van der Waals surface area contributed by atoms with Crippen molar-refractivity contribution >= 4 is 45.6 Å². The van der Waals surface area contributed by atoms with E-state index in [-0.39, 0.29) is 11.8 Å². The topological polar surface area (TPSA) is 67.4 Å². The number of piperidine rings is 1. The predicted octanol–water partition coefficient (Wildman–Crippen LogP) is 5.37. The maximum Gasteiger partial charge on any atom is 0.229 e. The van der Waals surface area contributed by atoms with Crippen LogP contribution in [0.2, 0.25) is 10.0 Å². The minimum Gasteiger partial charge on any atom is -0.497 e. The standard InChI is InChI=1S/C22H22Cl2N4O2S/c1-30-18-6-3-15(4-7-18)21-26-27-22(31-21)25-20(29)14-8-10-28(11-9-14)13-16-2-5-17(23)12-19(16)24/h2-7,12,14H,8-11,13H2,1H3,(H,25,27,29). The van der Waals surface area contributed by atoms with Crippen LogP contribution >= 0.6 is 34.5 Å². The molecule has 162 valence electrons. The smallest absolute Gasteiger partial charge is 0.229 e. The Morgan fingerprint density at radius 1 is 1.16 bits per heavy atom. The van der Waals surface area contributed by atoms with Crippen LogP contribution in [0.3, 0.4) is 0 Å². The van der Waals surface area contributed by atoms with Crippen molar-refractivity contribution in [2.75, 3.05) is 25.5 Å². The van der Waals surface area contributed by atoms with E-state index in [4.69, 9.17) is 27.9 Å². The zero-order valence-electron chi connectivity index (χ0n) is 17.0. The van der Waals surface area contributed by atoms with Crippen LogP contribution in [0.15, 0.2) is 42.5 Å². The van der Waals surface area contributed by atoms with Gasteiger partial charge in [0, 0.05) is 28.1 Å². The van der Waals surface area contributed by atoms with Crippen LogP contribution in [0.5, 0.6) is 5.75 Å². The fraction of sp³-hybridized carbons (Fsp3) is 0.318. The van der Waals surface area contributed by atoms with Crippen LogP contribution < -0.4 is 10.1 Å².